The van der Waals surface area contributed by atoms with Gasteiger partial charge in [-0.25, -0.2) is 4.98 Å². The number of benzene rings is 1. The van der Waals surface area contributed by atoms with E-state index in [0.29, 0.717) is 5.15 Å². The number of halogens is 2. The fourth-order valence-corrected chi connectivity index (χ4v) is 1.82. The Balaban J connectivity index is 2.87. The number of nitrogens with zero attached hydrogens (tertiary/aromatic N) is 1. The van der Waals surface area contributed by atoms with Gasteiger partial charge in [0, 0.05) is 16.1 Å². The van der Waals surface area contributed by atoms with Gasteiger partial charge in [0.25, 0.3) is 0 Å². The van der Waals surface area contributed by atoms with Crippen LogP contribution in [0.5, 0.6) is 0 Å². The van der Waals surface area contributed by atoms with Gasteiger partial charge < -0.3 is 0 Å². The van der Waals surface area contributed by atoms with E-state index in [1.807, 2.05) is 18.2 Å². The first kappa shape index (κ1) is 8.97. The van der Waals surface area contributed by atoms with Crippen LogP contribution >= 0.6 is 27.5 Å². The molecule has 0 aliphatic rings. The van der Waals surface area contributed by atoms with Crippen molar-refractivity contribution in [3.8, 4) is 0 Å². The molecule has 2 rings (SSSR count). The van der Waals surface area contributed by atoms with Gasteiger partial charge in [-0.1, -0.05) is 33.6 Å². The summed E-state index contributed by atoms with van der Waals surface area (Å²) in [4.78, 5) is 4.05. The number of aromatic nitrogens is 1. The fraction of sp³-hybridized carbons (Fsp3) is 0.100. The lowest BCUT2D eigenvalue weighted by atomic mass is 10.1. The van der Waals surface area contributed by atoms with E-state index in [4.69, 9.17) is 11.6 Å². The Morgan fingerprint density at radius 3 is 2.92 bits per heavy atom. The molecule has 0 amide bonds. The van der Waals surface area contributed by atoms with Crippen LogP contribution in [-0.4, -0.2) is 4.98 Å². The van der Waals surface area contributed by atoms with Crippen LogP contribution in [0, 0.1) is 6.92 Å². The van der Waals surface area contributed by atoms with Crippen molar-refractivity contribution in [1.82, 2.24) is 4.98 Å². The highest BCUT2D eigenvalue weighted by atomic mass is 79.9. The Bertz CT molecular complexity index is 468. The smallest absolute Gasteiger partial charge is 0.129 e. The van der Waals surface area contributed by atoms with Crippen molar-refractivity contribution in [3.05, 3.63) is 39.6 Å². The lowest BCUT2D eigenvalue weighted by Crippen LogP contribution is -1.82. The summed E-state index contributed by atoms with van der Waals surface area (Å²) in [5, 5.41) is 2.80. The van der Waals surface area contributed by atoms with Crippen molar-refractivity contribution in [2.45, 2.75) is 6.92 Å². The molecule has 1 aromatic carbocycles. The van der Waals surface area contributed by atoms with Crippen LogP contribution < -0.4 is 0 Å². The molecule has 1 aromatic heterocycles. The molecule has 0 atom stereocenters. The second-order valence-electron chi connectivity index (χ2n) is 2.90. The summed E-state index contributed by atoms with van der Waals surface area (Å²) in [6.07, 6.45) is 1.80. The maximum absolute atomic E-state index is 5.79. The summed E-state index contributed by atoms with van der Waals surface area (Å²) in [5.41, 5.74) is 1.20. The third-order valence-electron chi connectivity index (χ3n) is 2.07. The normalized spacial score (nSPS) is 10.7. The SMILES string of the molecule is Cc1c(Br)ccc2cc(Cl)ncc12. The number of hydrogen-bond donors (Lipinski definition) is 0. The Labute approximate surface area is 89.9 Å². The molecule has 1 heterocycles. The molecule has 0 radical (unpaired) electrons. The van der Waals surface area contributed by atoms with Crippen molar-refractivity contribution in [2.75, 3.05) is 0 Å². The topological polar surface area (TPSA) is 12.9 Å². The third kappa shape index (κ3) is 1.56. The van der Waals surface area contributed by atoms with Gasteiger partial charge in [-0.2, -0.15) is 0 Å². The van der Waals surface area contributed by atoms with Crippen LogP contribution in [0.4, 0.5) is 0 Å². The van der Waals surface area contributed by atoms with Crippen molar-refractivity contribution in [1.29, 1.82) is 0 Å². The molecule has 0 fully saturated rings. The second-order valence-corrected chi connectivity index (χ2v) is 4.14. The molecule has 13 heavy (non-hydrogen) atoms. The van der Waals surface area contributed by atoms with Crippen LogP contribution in [0.1, 0.15) is 5.56 Å². The van der Waals surface area contributed by atoms with Crippen molar-refractivity contribution in [3.63, 3.8) is 0 Å². The average Bonchev–Trinajstić information content (AvgIpc) is 2.12. The zero-order valence-electron chi connectivity index (χ0n) is 7.01. The van der Waals surface area contributed by atoms with E-state index in [1.165, 1.54) is 5.56 Å². The number of aryl methyl sites for hydroxylation is 1. The molecule has 0 aliphatic heterocycles. The monoisotopic (exact) mass is 255 g/mol. The minimum atomic E-state index is 0.536. The minimum Gasteiger partial charge on any atom is -0.244 e. The summed E-state index contributed by atoms with van der Waals surface area (Å²) in [6, 6.07) is 5.92. The van der Waals surface area contributed by atoms with Gasteiger partial charge >= 0.3 is 0 Å². The molecule has 2 aromatic rings. The van der Waals surface area contributed by atoms with Crippen LogP contribution in [0.2, 0.25) is 5.15 Å². The molecular formula is C10H7BrClN. The molecule has 0 saturated carbocycles. The Kier molecular flexibility index (Phi) is 2.26. The summed E-state index contributed by atoms with van der Waals surface area (Å²) in [6.45, 7) is 2.06. The fourth-order valence-electron chi connectivity index (χ4n) is 1.31. The van der Waals surface area contributed by atoms with E-state index in [9.17, 15) is 0 Å². The maximum atomic E-state index is 5.79. The molecule has 0 spiro atoms. The van der Waals surface area contributed by atoms with Crippen LogP contribution in [-0.2, 0) is 0 Å². The molecule has 1 nitrogen and oxygen atoms in total. The Morgan fingerprint density at radius 2 is 2.15 bits per heavy atom. The number of rotatable bonds is 0. The first-order valence-corrected chi connectivity index (χ1v) is 5.06. The zero-order valence-corrected chi connectivity index (χ0v) is 9.35. The van der Waals surface area contributed by atoms with Gasteiger partial charge in [0.15, 0.2) is 0 Å². The predicted molar refractivity (Wildman–Crippen MR) is 59.2 cm³/mol. The van der Waals surface area contributed by atoms with Gasteiger partial charge in [-0.3, -0.25) is 0 Å². The van der Waals surface area contributed by atoms with Gasteiger partial charge in [0.2, 0.25) is 0 Å². The summed E-state index contributed by atoms with van der Waals surface area (Å²) >= 11 is 9.26. The van der Waals surface area contributed by atoms with Gasteiger partial charge in [0.05, 0.1) is 0 Å². The summed E-state index contributed by atoms with van der Waals surface area (Å²) in [7, 11) is 0. The van der Waals surface area contributed by atoms with E-state index in [1.54, 1.807) is 6.20 Å². The van der Waals surface area contributed by atoms with E-state index in [-0.39, 0.29) is 0 Å². The molecular weight excluding hydrogens is 249 g/mol. The van der Waals surface area contributed by atoms with Gasteiger partial charge in [-0.15, -0.1) is 0 Å². The number of hydrogen-bond acceptors (Lipinski definition) is 1. The first-order valence-electron chi connectivity index (χ1n) is 3.89. The Morgan fingerprint density at radius 1 is 1.38 bits per heavy atom. The van der Waals surface area contributed by atoms with E-state index >= 15 is 0 Å². The molecule has 0 saturated heterocycles. The van der Waals surface area contributed by atoms with Gasteiger partial charge in [0.1, 0.15) is 5.15 Å². The molecule has 3 heteroatoms. The highest BCUT2D eigenvalue weighted by Gasteiger charge is 2.01. The molecule has 66 valence electrons. The summed E-state index contributed by atoms with van der Waals surface area (Å²) < 4.78 is 1.10. The Hall–Kier alpha value is -0.600. The largest absolute Gasteiger partial charge is 0.244 e. The highest BCUT2D eigenvalue weighted by Crippen LogP contribution is 2.26. The van der Waals surface area contributed by atoms with Gasteiger partial charge in [-0.05, 0) is 30.0 Å². The molecule has 0 N–H and O–H groups in total. The van der Waals surface area contributed by atoms with Crippen LogP contribution in [0.15, 0.2) is 28.9 Å². The third-order valence-corrected chi connectivity index (χ3v) is 3.14. The zero-order chi connectivity index (χ0) is 9.42. The second kappa shape index (κ2) is 3.28. The molecule has 0 aliphatic carbocycles. The van der Waals surface area contributed by atoms with E-state index in [0.717, 1.165) is 15.2 Å². The lowest BCUT2D eigenvalue weighted by molar-refractivity contribution is 1.34. The van der Waals surface area contributed by atoms with Crippen molar-refractivity contribution >= 4 is 38.3 Å². The highest BCUT2D eigenvalue weighted by molar-refractivity contribution is 9.10. The standard InChI is InChI=1S/C10H7BrClN/c1-6-8-5-13-10(12)4-7(8)2-3-9(6)11/h2-5H,1H3. The quantitative estimate of drug-likeness (QED) is 0.650. The molecule has 0 bridgehead atoms. The lowest BCUT2D eigenvalue weighted by Gasteiger charge is -2.03. The van der Waals surface area contributed by atoms with E-state index in [2.05, 4.69) is 27.8 Å². The first-order chi connectivity index (χ1) is 6.18. The predicted octanol–water partition coefficient (Wildman–Crippen LogP) is 3.96. The summed E-state index contributed by atoms with van der Waals surface area (Å²) in [5.74, 6) is 0. The average molecular weight is 257 g/mol. The van der Waals surface area contributed by atoms with Crippen LogP contribution in [0.3, 0.4) is 0 Å². The van der Waals surface area contributed by atoms with Crippen molar-refractivity contribution < 1.29 is 0 Å². The number of pyridine rings is 1. The van der Waals surface area contributed by atoms with Crippen molar-refractivity contribution in [2.24, 2.45) is 0 Å². The molecule has 0 unspecified atom stereocenters. The maximum Gasteiger partial charge on any atom is 0.129 e. The minimum absolute atomic E-state index is 0.536. The van der Waals surface area contributed by atoms with E-state index < -0.39 is 0 Å². The van der Waals surface area contributed by atoms with Crippen LogP contribution in [0.25, 0.3) is 10.8 Å². The number of fused-ring (bicyclic) bond motifs is 1.